The molecule has 1 fully saturated rings. The van der Waals surface area contributed by atoms with Crippen molar-refractivity contribution in [1.29, 1.82) is 0 Å². The van der Waals surface area contributed by atoms with Crippen molar-refractivity contribution in [2.75, 3.05) is 59.2 Å². The molecule has 3 atom stereocenters. The highest BCUT2D eigenvalue weighted by Gasteiger charge is 2.36. The van der Waals surface area contributed by atoms with Crippen molar-refractivity contribution in [3.05, 3.63) is 24.8 Å². The Bertz CT molecular complexity index is 1110. The Morgan fingerprint density at radius 3 is 2.30 bits per heavy atom. The zero-order valence-corrected chi connectivity index (χ0v) is 27.7. The summed E-state index contributed by atoms with van der Waals surface area (Å²) in [5.74, 6) is -2.86. The van der Waals surface area contributed by atoms with Gasteiger partial charge in [0.1, 0.15) is 24.7 Å². The standard InChI is InChI=1S/C31H51N7O9/c1-6-10-23(29(43)34-14-16-46-17-18-47-20-27(41)32-12-9-13-33-28(42)21(3)4)37-26(40)19-35-30(44)24-11-8-15-38(24)31(45)22(5)36-25(39)7-2/h7,22-24H,2-3,6,8-20H2,1,4-5H3,(H,32,41)(H,33,42)(H,34,43)(H,35,44)(H,36,39)(H,37,40)/t22-,23-,24-/m0/s1. The highest BCUT2D eigenvalue weighted by atomic mass is 16.5. The molecule has 1 aliphatic rings. The van der Waals surface area contributed by atoms with Gasteiger partial charge in [-0.15, -0.1) is 0 Å². The number of carbonyl (C=O) groups is 7. The van der Waals surface area contributed by atoms with Crippen molar-refractivity contribution in [1.82, 2.24) is 36.8 Å². The predicted octanol–water partition coefficient (Wildman–Crippen LogP) is -1.58. The largest absolute Gasteiger partial charge is 0.377 e. The molecule has 16 heteroatoms. The molecule has 47 heavy (non-hydrogen) atoms. The Morgan fingerprint density at radius 2 is 1.62 bits per heavy atom. The van der Waals surface area contributed by atoms with Crippen LogP contribution in [0.25, 0.3) is 0 Å². The van der Waals surface area contributed by atoms with E-state index in [9.17, 15) is 33.6 Å². The molecule has 264 valence electrons. The molecule has 1 heterocycles. The van der Waals surface area contributed by atoms with E-state index >= 15 is 0 Å². The van der Waals surface area contributed by atoms with E-state index in [0.717, 1.165) is 6.08 Å². The van der Waals surface area contributed by atoms with Crippen molar-refractivity contribution in [2.24, 2.45) is 0 Å². The van der Waals surface area contributed by atoms with Crippen LogP contribution >= 0.6 is 0 Å². The summed E-state index contributed by atoms with van der Waals surface area (Å²) < 4.78 is 10.7. The number of amides is 7. The summed E-state index contributed by atoms with van der Waals surface area (Å²) >= 11 is 0. The number of carbonyl (C=O) groups excluding carboxylic acids is 7. The zero-order valence-electron chi connectivity index (χ0n) is 27.7. The van der Waals surface area contributed by atoms with E-state index in [0.29, 0.717) is 57.3 Å². The van der Waals surface area contributed by atoms with Crippen LogP contribution in [0.1, 0.15) is 52.9 Å². The summed E-state index contributed by atoms with van der Waals surface area (Å²) in [5, 5.41) is 15.7. The first-order valence-corrected chi connectivity index (χ1v) is 15.8. The maximum absolute atomic E-state index is 12.8. The van der Waals surface area contributed by atoms with E-state index in [2.05, 4.69) is 45.1 Å². The molecule has 0 aromatic carbocycles. The van der Waals surface area contributed by atoms with E-state index in [4.69, 9.17) is 9.47 Å². The van der Waals surface area contributed by atoms with Gasteiger partial charge in [-0.05, 0) is 45.6 Å². The van der Waals surface area contributed by atoms with E-state index in [1.54, 1.807) is 6.92 Å². The fraction of sp³-hybridized carbons (Fsp3) is 0.645. The van der Waals surface area contributed by atoms with Gasteiger partial charge in [-0.3, -0.25) is 33.6 Å². The van der Waals surface area contributed by atoms with Gasteiger partial charge >= 0.3 is 0 Å². The second-order valence-electron chi connectivity index (χ2n) is 10.9. The van der Waals surface area contributed by atoms with Gasteiger partial charge in [-0.1, -0.05) is 26.5 Å². The third-order valence-electron chi connectivity index (χ3n) is 6.91. The second kappa shape index (κ2) is 23.1. The quantitative estimate of drug-likeness (QED) is 0.0548. The van der Waals surface area contributed by atoms with E-state index in [1.807, 2.05) is 6.92 Å². The Labute approximate surface area is 276 Å². The summed E-state index contributed by atoms with van der Waals surface area (Å²) in [7, 11) is 0. The lowest BCUT2D eigenvalue weighted by Gasteiger charge is -2.27. The number of nitrogens with one attached hydrogen (secondary N) is 6. The molecule has 0 aromatic heterocycles. The molecule has 1 aliphatic heterocycles. The van der Waals surface area contributed by atoms with Crippen molar-refractivity contribution in [3.63, 3.8) is 0 Å². The highest BCUT2D eigenvalue weighted by Crippen LogP contribution is 2.18. The summed E-state index contributed by atoms with van der Waals surface area (Å²) in [6.07, 6.45) is 3.65. The van der Waals surface area contributed by atoms with Crippen LogP contribution in [-0.4, -0.2) is 124 Å². The second-order valence-corrected chi connectivity index (χ2v) is 10.9. The van der Waals surface area contributed by atoms with Crippen LogP contribution in [0.4, 0.5) is 0 Å². The molecule has 16 nitrogen and oxygen atoms in total. The molecule has 0 unspecified atom stereocenters. The lowest BCUT2D eigenvalue weighted by atomic mass is 10.1. The van der Waals surface area contributed by atoms with Crippen molar-refractivity contribution in [3.8, 4) is 0 Å². The van der Waals surface area contributed by atoms with Crippen molar-refractivity contribution >= 4 is 41.4 Å². The summed E-state index contributed by atoms with van der Waals surface area (Å²) in [5.41, 5.74) is 0.422. The number of rotatable bonds is 23. The predicted molar refractivity (Wildman–Crippen MR) is 172 cm³/mol. The number of hydrogen-bond acceptors (Lipinski definition) is 9. The minimum absolute atomic E-state index is 0.136. The van der Waals surface area contributed by atoms with Gasteiger partial charge < -0.3 is 46.3 Å². The number of likely N-dealkylation sites (tertiary alicyclic amines) is 1. The monoisotopic (exact) mass is 665 g/mol. The van der Waals surface area contributed by atoms with E-state index in [-0.39, 0.29) is 51.3 Å². The maximum atomic E-state index is 12.8. The fourth-order valence-corrected chi connectivity index (χ4v) is 4.45. The van der Waals surface area contributed by atoms with Crippen molar-refractivity contribution in [2.45, 2.75) is 71.0 Å². The SMILES string of the molecule is C=CC(=O)N[C@@H](C)C(=O)N1CCC[C@H]1C(=O)NCC(=O)N[C@@H](CCC)C(=O)NCCOCCOCC(=O)NCCCNC(=O)C(=C)C. The molecule has 0 radical (unpaired) electrons. The Morgan fingerprint density at radius 1 is 0.915 bits per heavy atom. The normalized spacial score (nSPS) is 15.0. The molecule has 0 spiro atoms. The Balaban J connectivity index is 2.27. The first-order chi connectivity index (χ1) is 22.4. The molecule has 0 saturated carbocycles. The van der Waals surface area contributed by atoms with Crippen LogP contribution in [0.2, 0.25) is 0 Å². The fourth-order valence-electron chi connectivity index (χ4n) is 4.45. The third kappa shape index (κ3) is 16.7. The van der Waals surface area contributed by atoms with Gasteiger partial charge in [0.25, 0.3) is 0 Å². The van der Waals surface area contributed by atoms with Crippen molar-refractivity contribution < 1.29 is 43.0 Å². The lowest BCUT2D eigenvalue weighted by molar-refractivity contribution is -0.141. The van der Waals surface area contributed by atoms with Gasteiger partial charge in [0.05, 0.1) is 26.4 Å². The zero-order chi connectivity index (χ0) is 35.2. The average molecular weight is 666 g/mol. The van der Waals surface area contributed by atoms with Crippen LogP contribution in [0.3, 0.4) is 0 Å². The topological polar surface area (TPSA) is 213 Å². The lowest BCUT2D eigenvalue weighted by Crippen LogP contribution is -2.54. The highest BCUT2D eigenvalue weighted by molar-refractivity contribution is 5.96. The average Bonchev–Trinajstić information content (AvgIpc) is 3.53. The van der Waals surface area contributed by atoms with Gasteiger partial charge in [-0.25, -0.2) is 0 Å². The first kappa shape index (κ1) is 40.7. The molecule has 0 bridgehead atoms. The molecular weight excluding hydrogens is 614 g/mol. The van der Waals surface area contributed by atoms with Crippen LogP contribution < -0.4 is 31.9 Å². The molecule has 1 saturated heterocycles. The smallest absolute Gasteiger partial charge is 0.246 e. The summed E-state index contributed by atoms with van der Waals surface area (Å²) in [6, 6.07) is -2.42. The molecule has 1 rings (SSSR count). The number of ether oxygens (including phenoxy) is 2. The number of nitrogens with zero attached hydrogens (tertiary/aromatic N) is 1. The maximum Gasteiger partial charge on any atom is 0.246 e. The van der Waals surface area contributed by atoms with Gasteiger partial charge in [-0.2, -0.15) is 0 Å². The summed E-state index contributed by atoms with van der Waals surface area (Å²) in [6.45, 7) is 13.3. The van der Waals surface area contributed by atoms with Crippen LogP contribution in [-0.2, 0) is 43.0 Å². The number of hydrogen-bond donors (Lipinski definition) is 6. The van der Waals surface area contributed by atoms with Gasteiger partial charge in [0.2, 0.25) is 41.4 Å². The molecule has 6 N–H and O–H groups in total. The van der Waals surface area contributed by atoms with Crippen LogP contribution in [0.15, 0.2) is 24.8 Å². The Kier molecular flexibility index (Phi) is 20.0. The van der Waals surface area contributed by atoms with Crippen LogP contribution in [0, 0.1) is 0 Å². The Hall–Kier alpha value is -4.31. The molecule has 0 aliphatic carbocycles. The summed E-state index contributed by atoms with van der Waals surface area (Å²) in [4.78, 5) is 86.8. The van der Waals surface area contributed by atoms with Crippen LogP contribution in [0.5, 0.6) is 0 Å². The van der Waals surface area contributed by atoms with Gasteiger partial charge in [0, 0.05) is 31.8 Å². The molecule has 7 amide bonds. The molecule has 0 aromatic rings. The third-order valence-corrected chi connectivity index (χ3v) is 6.91. The molecular formula is C31H51N7O9. The van der Waals surface area contributed by atoms with Gasteiger partial charge in [0.15, 0.2) is 0 Å². The first-order valence-electron chi connectivity index (χ1n) is 15.8. The van der Waals surface area contributed by atoms with E-state index < -0.39 is 47.7 Å². The van der Waals surface area contributed by atoms with E-state index in [1.165, 1.54) is 11.8 Å². The minimum atomic E-state index is -0.839. The minimum Gasteiger partial charge on any atom is -0.377 e.